The van der Waals surface area contributed by atoms with Crippen molar-refractivity contribution in [1.82, 2.24) is 9.21 Å². The maximum Gasteiger partial charge on any atom is 0.223 e. The Bertz CT molecular complexity index is 598. The maximum absolute atomic E-state index is 12.3. The van der Waals surface area contributed by atoms with Crippen molar-refractivity contribution in [1.29, 1.82) is 0 Å². The van der Waals surface area contributed by atoms with Gasteiger partial charge in [-0.05, 0) is 12.5 Å². The van der Waals surface area contributed by atoms with Crippen LogP contribution in [0.4, 0.5) is 0 Å². The number of morpholine rings is 1. The minimum atomic E-state index is -3.39. The summed E-state index contributed by atoms with van der Waals surface area (Å²) in [4.78, 5) is 14.0. The number of sulfonamides is 1. The summed E-state index contributed by atoms with van der Waals surface area (Å²) in [6.45, 7) is 4.55. The summed E-state index contributed by atoms with van der Waals surface area (Å²) in [5.41, 5.74) is 1.04. The summed E-state index contributed by atoms with van der Waals surface area (Å²) in [6.07, 6.45) is 0.0143. The van der Waals surface area contributed by atoms with Gasteiger partial charge in [-0.15, -0.1) is 0 Å². The molecule has 0 aliphatic carbocycles. The lowest BCUT2D eigenvalue weighted by atomic mass is 10.2. The Morgan fingerprint density at radius 2 is 1.87 bits per heavy atom. The van der Waals surface area contributed by atoms with Gasteiger partial charge in [0.15, 0.2) is 0 Å². The fourth-order valence-corrected chi connectivity index (χ4v) is 3.90. The van der Waals surface area contributed by atoms with Gasteiger partial charge in [-0.25, -0.2) is 8.42 Å². The Balaban J connectivity index is 1.89. The van der Waals surface area contributed by atoms with E-state index >= 15 is 0 Å². The predicted octanol–water partition coefficient (Wildman–Crippen LogP) is 1.09. The molecule has 0 aromatic heterocycles. The molecule has 7 heteroatoms. The van der Waals surface area contributed by atoms with Crippen molar-refractivity contribution in [3.8, 4) is 0 Å². The SMILES string of the molecule is CCN(Cc1ccccc1)C(=O)CCS(=O)(=O)N1CCOCC1. The molecule has 1 heterocycles. The van der Waals surface area contributed by atoms with Crippen LogP contribution >= 0.6 is 0 Å². The highest BCUT2D eigenvalue weighted by Crippen LogP contribution is 2.10. The van der Waals surface area contributed by atoms with Crippen LogP contribution in [0.15, 0.2) is 30.3 Å². The second-order valence-corrected chi connectivity index (χ2v) is 7.56. The van der Waals surface area contributed by atoms with Gasteiger partial charge in [-0.2, -0.15) is 4.31 Å². The third kappa shape index (κ3) is 5.30. The van der Waals surface area contributed by atoms with Crippen LogP contribution in [0, 0.1) is 0 Å². The molecule has 1 aliphatic heterocycles. The quantitative estimate of drug-likeness (QED) is 0.745. The topological polar surface area (TPSA) is 66.9 Å². The monoisotopic (exact) mass is 340 g/mol. The van der Waals surface area contributed by atoms with Crippen molar-refractivity contribution in [2.24, 2.45) is 0 Å². The van der Waals surface area contributed by atoms with Crippen LogP contribution in [0.1, 0.15) is 18.9 Å². The van der Waals surface area contributed by atoms with E-state index in [1.165, 1.54) is 4.31 Å². The molecule has 1 saturated heterocycles. The second kappa shape index (κ2) is 8.42. The summed E-state index contributed by atoms with van der Waals surface area (Å²) in [5.74, 6) is -0.273. The predicted molar refractivity (Wildman–Crippen MR) is 88.3 cm³/mol. The van der Waals surface area contributed by atoms with Crippen LogP contribution < -0.4 is 0 Å². The molecule has 1 fully saturated rings. The number of hydrogen-bond donors (Lipinski definition) is 0. The average Bonchev–Trinajstić information content (AvgIpc) is 2.59. The van der Waals surface area contributed by atoms with Crippen LogP contribution in [-0.2, 0) is 26.1 Å². The summed E-state index contributed by atoms with van der Waals surface area (Å²) < 4.78 is 31.1. The van der Waals surface area contributed by atoms with Crippen molar-refractivity contribution in [2.75, 3.05) is 38.6 Å². The molecule has 1 aromatic carbocycles. The molecule has 0 bridgehead atoms. The first-order valence-corrected chi connectivity index (χ1v) is 9.51. The lowest BCUT2D eigenvalue weighted by Gasteiger charge is -2.26. The van der Waals surface area contributed by atoms with E-state index in [1.54, 1.807) is 4.90 Å². The smallest absolute Gasteiger partial charge is 0.223 e. The minimum Gasteiger partial charge on any atom is -0.379 e. The number of hydrogen-bond acceptors (Lipinski definition) is 4. The lowest BCUT2D eigenvalue weighted by Crippen LogP contribution is -2.42. The third-order valence-corrected chi connectivity index (χ3v) is 5.76. The van der Waals surface area contributed by atoms with E-state index < -0.39 is 10.0 Å². The van der Waals surface area contributed by atoms with Crippen LogP contribution in [-0.4, -0.2) is 62.1 Å². The van der Waals surface area contributed by atoms with Gasteiger partial charge in [0.1, 0.15) is 0 Å². The van der Waals surface area contributed by atoms with E-state index in [1.807, 2.05) is 37.3 Å². The van der Waals surface area contributed by atoms with Crippen molar-refractivity contribution >= 4 is 15.9 Å². The van der Waals surface area contributed by atoms with Gasteiger partial charge in [0.2, 0.25) is 15.9 Å². The molecule has 6 nitrogen and oxygen atoms in total. The van der Waals surface area contributed by atoms with E-state index in [0.29, 0.717) is 39.4 Å². The van der Waals surface area contributed by atoms with Gasteiger partial charge in [-0.1, -0.05) is 30.3 Å². The van der Waals surface area contributed by atoms with Gasteiger partial charge in [-0.3, -0.25) is 4.79 Å². The van der Waals surface area contributed by atoms with Gasteiger partial charge in [0.25, 0.3) is 0 Å². The fourth-order valence-electron chi connectivity index (χ4n) is 2.51. The number of carbonyl (C=O) groups is 1. The number of nitrogens with zero attached hydrogens (tertiary/aromatic N) is 2. The van der Waals surface area contributed by atoms with Crippen LogP contribution in [0.3, 0.4) is 0 Å². The van der Waals surface area contributed by atoms with E-state index in [0.717, 1.165) is 5.56 Å². The minimum absolute atomic E-state index is 0.0143. The molecule has 0 radical (unpaired) electrons. The number of carbonyl (C=O) groups excluding carboxylic acids is 1. The summed E-state index contributed by atoms with van der Waals surface area (Å²) in [5, 5.41) is 0. The molecule has 23 heavy (non-hydrogen) atoms. The highest BCUT2D eigenvalue weighted by atomic mass is 32.2. The fraction of sp³-hybridized carbons (Fsp3) is 0.562. The zero-order valence-corrected chi connectivity index (χ0v) is 14.3. The second-order valence-electron chi connectivity index (χ2n) is 5.47. The molecule has 1 aliphatic rings. The number of amides is 1. The zero-order valence-electron chi connectivity index (χ0n) is 13.5. The van der Waals surface area contributed by atoms with E-state index in [9.17, 15) is 13.2 Å². The maximum atomic E-state index is 12.3. The zero-order chi connectivity index (χ0) is 16.7. The average molecular weight is 340 g/mol. The number of ether oxygens (including phenoxy) is 1. The van der Waals surface area contributed by atoms with Gasteiger partial charge in [0, 0.05) is 32.6 Å². The standard InChI is InChI=1S/C16H24N2O4S/c1-2-17(14-15-6-4-3-5-7-15)16(19)8-13-23(20,21)18-9-11-22-12-10-18/h3-7H,2,8-14H2,1H3. The molecular weight excluding hydrogens is 316 g/mol. The molecule has 0 atom stereocenters. The lowest BCUT2D eigenvalue weighted by molar-refractivity contribution is -0.131. The molecule has 0 unspecified atom stereocenters. The molecular formula is C16H24N2O4S. The van der Waals surface area contributed by atoms with E-state index in [-0.39, 0.29) is 18.1 Å². The summed E-state index contributed by atoms with van der Waals surface area (Å²) in [7, 11) is -3.39. The van der Waals surface area contributed by atoms with Crippen LogP contribution in [0.5, 0.6) is 0 Å². The van der Waals surface area contributed by atoms with Crippen molar-refractivity contribution in [2.45, 2.75) is 19.9 Å². The van der Waals surface area contributed by atoms with Crippen molar-refractivity contribution in [3.63, 3.8) is 0 Å². The highest BCUT2D eigenvalue weighted by molar-refractivity contribution is 7.89. The molecule has 128 valence electrons. The van der Waals surface area contributed by atoms with Crippen molar-refractivity contribution in [3.05, 3.63) is 35.9 Å². The molecule has 0 spiro atoms. The largest absolute Gasteiger partial charge is 0.379 e. The Morgan fingerprint density at radius 3 is 2.48 bits per heavy atom. The van der Waals surface area contributed by atoms with E-state index in [2.05, 4.69) is 0 Å². The van der Waals surface area contributed by atoms with E-state index in [4.69, 9.17) is 4.74 Å². The summed E-state index contributed by atoms with van der Waals surface area (Å²) >= 11 is 0. The van der Waals surface area contributed by atoms with Gasteiger partial charge in [0.05, 0.1) is 19.0 Å². The highest BCUT2D eigenvalue weighted by Gasteiger charge is 2.25. The van der Waals surface area contributed by atoms with Crippen LogP contribution in [0.25, 0.3) is 0 Å². The Labute approximate surface area is 138 Å². The first-order valence-electron chi connectivity index (χ1n) is 7.90. The summed E-state index contributed by atoms with van der Waals surface area (Å²) in [6, 6.07) is 9.70. The van der Waals surface area contributed by atoms with Crippen LogP contribution in [0.2, 0.25) is 0 Å². The molecule has 1 aromatic rings. The Morgan fingerprint density at radius 1 is 1.22 bits per heavy atom. The van der Waals surface area contributed by atoms with Crippen molar-refractivity contribution < 1.29 is 17.9 Å². The molecule has 0 N–H and O–H groups in total. The first-order chi connectivity index (χ1) is 11.0. The van der Waals surface area contributed by atoms with Gasteiger partial charge < -0.3 is 9.64 Å². The Kier molecular flexibility index (Phi) is 6.56. The Hall–Kier alpha value is -1.44. The molecule has 2 rings (SSSR count). The number of rotatable bonds is 7. The third-order valence-electron chi connectivity index (χ3n) is 3.89. The normalized spacial score (nSPS) is 16.2. The van der Waals surface area contributed by atoms with Gasteiger partial charge >= 0.3 is 0 Å². The first kappa shape index (κ1) is 17.9. The molecule has 0 saturated carbocycles. The molecule has 1 amide bonds. The number of benzene rings is 1.